The van der Waals surface area contributed by atoms with Gasteiger partial charge in [-0.15, -0.1) is 10.2 Å². The molecule has 0 bridgehead atoms. The molecule has 1 N–H and O–H groups in total. The van der Waals surface area contributed by atoms with Crippen molar-refractivity contribution in [3.8, 4) is 16.8 Å². The molecule has 0 amide bonds. The molecule has 0 unspecified atom stereocenters. The Balaban J connectivity index is 1.74. The summed E-state index contributed by atoms with van der Waals surface area (Å²) in [6, 6.07) is 11.7. The van der Waals surface area contributed by atoms with Gasteiger partial charge in [0.25, 0.3) is 10.0 Å². The molecule has 0 aliphatic carbocycles. The molecular weight excluding hydrogens is 388 g/mol. The molecule has 1 aliphatic rings. The molecule has 9 heteroatoms. The molecule has 2 aromatic heterocycles. The van der Waals surface area contributed by atoms with Crippen LogP contribution < -0.4 is 5.32 Å². The number of hydrogen-bond donors (Lipinski definition) is 1. The van der Waals surface area contributed by atoms with Crippen molar-refractivity contribution in [2.45, 2.75) is 26.3 Å². The maximum atomic E-state index is 12.0. The molecule has 0 fully saturated rings. The maximum absolute atomic E-state index is 12.0. The molecule has 0 atom stereocenters. The van der Waals surface area contributed by atoms with Crippen LogP contribution >= 0.6 is 0 Å². The largest absolute Gasteiger partial charge is 0.371 e. The standard InChI is InChI=1S/C20H20N6O2S/c1-12-23-24-19-20(2,3)22-16-9-8-13(10-18(16)25(12)19)14-6-5-7-17-15(14)11-21-26(17)29(4,27)28/h5-11,22H,1-4H3. The predicted octanol–water partition coefficient (Wildman–Crippen LogP) is 3.06. The van der Waals surface area contributed by atoms with E-state index in [9.17, 15) is 8.42 Å². The van der Waals surface area contributed by atoms with Crippen molar-refractivity contribution in [1.29, 1.82) is 0 Å². The molecule has 148 valence electrons. The van der Waals surface area contributed by atoms with Crippen molar-refractivity contribution in [1.82, 2.24) is 24.0 Å². The summed E-state index contributed by atoms with van der Waals surface area (Å²) in [7, 11) is -3.48. The maximum Gasteiger partial charge on any atom is 0.251 e. The molecule has 0 saturated heterocycles. The van der Waals surface area contributed by atoms with E-state index in [-0.39, 0.29) is 5.54 Å². The summed E-state index contributed by atoms with van der Waals surface area (Å²) in [5.41, 5.74) is 4.05. The van der Waals surface area contributed by atoms with Crippen molar-refractivity contribution >= 4 is 26.6 Å². The van der Waals surface area contributed by atoms with Crippen LogP contribution in [0.2, 0.25) is 0 Å². The van der Waals surface area contributed by atoms with Crippen molar-refractivity contribution in [3.05, 3.63) is 54.2 Å². The van der Waals surface area contributed by atoms with Gasteiger partial charge in [-0.05, 0) is 50.1 Å². The van der Waals surface area contributed by atoms with Gasteiger partial charge in [-0.2, -0.15) is 9.19 Å². The van der Waals surface area contributed by atoms with E-state index >= 15 is 0 Å². The molecule has 29 heavy (non-hydrogen) atoms. The summed E-state index contributed by atoms with van der Waals surface area (Å²) in [5, 5.41) is 17.0. The number of anilines is 1. The molecule has 0 saturated carbocycles. The molecule has 5 rings (SSSR count). The zero-order chi connectivity index (χ0) is 20.6. The van der Waals surface area contributed by atoms with E-state index in [1.807, 2.05) is 31.2 Å². The molecule has 0 radical (unpaired) electrons. The number of hydrogen-bond acceptors (Lipinski definition) is 6. The van der Waals surface area contributed by atoms with E-state index in [4.69, 9.17) is 0 Å². The Morgan fingerprint density at radius 1 is 1.10 bits per heavy atom. The van der Waals surface area contributed by atoms with Crippen LogP contribution in [0.1, 0.15) is 25.5 Å². The monoisotopic (exact) mass is 408 g/mol. The van der Waals surface area contributed by atoms with Crippen LogP contribution in [0.3, 0.4) is 0 Å². The normalized spacial score (nSPS) is 15.0. The van der Waals surface area contributed by atoms with Crippen LogP contribution in [-0.4, -0.2) is 38.6 Å². The fourth-order valence-electron chi connectivity index (χ4n) is 3.98. The second-order valence-corrected chi connectivity index (χ2v) is 9.69. The van der Waals surface area contributed by atoms with Gasteiger partial charge in [-0.25, -0.2) is 8.42 Å². The summed E-state index contributed by atoms with van der Waals surface area (Å²) in [6.45, 7) is 6.08. The number of nitrogens with one attached hydrogen (secondary N) is 1. The fraction of sp³-hybridized carbons (Fsp3) is 0.250. The zero-order valence-corrected chi connectivity index (χ0v) is 17.3. The van der Waals surface area contributed by atoms with Crippen LogP contribution in [0, 0.1) is 6.92 Å². The lowest BCUT2D eigenvalue weighted by Crippen LogP contribution is -2.35. The van der Waals surface area contributed by atoms with Crippen LogP contribution in [0.25, 0.3) is 27.7 Å². The summed E-state index contributed by atoms with van der Waals surface area (Å²) in [6.07, 6.45) is 2.75. The summed E-state index contributed by atoms with van der Waals surface area (Å²) >= 11 is 0. The van der Waals surface area contributed by atoms with Gasteiger partial charge in [0, 0.05) is 5.39 Å². The minimum absolute atomic E-state index is 0.341. The number of benzene rings is 2. The van der Waals surface area contributed by atoms with Gasteiger partial charge < -0.3 is 5.32 Å². The highest BCUT2D eigenvalue weighted by atomic mass is 32.2. The van der Waals surface area contributed by atoms with Crippen molar-refractivity contribution < 1.29 is 8.42 Å². The van der Waals surface area contributed by atoms with Gasteiger partial charge in [0.05, 0.1) is 34.9 Å². The third-order valence-corrected chi connectivity index (χ3v) is 6.19. The third-order valence-electron chi connectivity index (χ3n) is 5.28. The fourth-order valence-corrected chi connectivity index (χ4v) is 4.72. The Labute approximate surface area is 168 Å². The predicted molar refractivity (Wildman–Crippen MR) is 112 cm³/mol. The van der Waals surface area contributed by atoms with Gasteiger partial charge >= 0.3 is 0 Å². The average molecular weight is 408 g/mol. The molecule has 4 aromatic rings. The lowest BCUT2D eigenvalue weighted by atomic mass is 9.96. The van der Waals surface area contributed by atoms with Crippen molar-refractivity contribution in [2.24, 2.45) is 0 Å². The highest BCUT2D eigenvalue weighted by Gasteiger charge is 2.34. The average Bonchev–Trinajstić information content (AvgIpc) is 3.25. The van der Waals surface area contributed by atoms with Crippen LogP contribution in [0.5, 0.6) is 0 Å². The summed E-state index contributed by atoms with van der Waals surface area (Å²) in [5.74, 6) is 1.67. The Hall–Kier alpha value is -3.20. The molecule has 3 heterocycles. The number of rotatable bonds is 2. The lowest BCUT2D eigenvalue weighted by molar-refractivity contribution is 0.535. The van der Waals surface area contributed by atoms with E-state index in [1.54, 1.807) is 12.3 Å². The lowest BCUT2D eigenvalue weighted by Gasteiger charge is -2.34. The minimum Gasteiger partial charge on any atom is -0.371 e. The molecule has 0 spiro atoms. The van der Waals surface area contributed by atoms with Gasteiger partial charge in [-0.3, -0.25) is 4.57 Å². The van der Waals surface area contributed by atoms with Gasteiger partial charge in [0.15, 0.2) is 5.82 Å². The smallest absolute Gasteiger partial charge is 0.251 e. The van der Waals surface area contributed by atoms with Gasteiger partial charge in [0.1, 0.15) is 5.82 Å². The first-order valence-electron chi connectivity index (χ1n) is 9.19. The van der Waals surface area contributed by atoms with Gasteiger partial charge in [-0.1, -0.05) is 18.2 Å². The van der Waals surface area contributed by atoms with E-state index in [1.165, 1.54) is 0 Å². The minimum atomic E-state index is -3.48. The highest BCUT2D eigenvalue weighted by Crippen LogP contribution is 2.39. The van der Waals surface area contributed by atoms with Crippen LogP contribution in [0.4, 0.5) is 5.69 Å². The number of aromatic nitrogens is 5. The van der Waals surface area contributed by atoms with Crippen molar-refractivity contribution in [3.63, 3.8) is 0 Å². The first kappa shape index (κ1) is 17.9. The molecule has 2 aromatic carbocycles. The van der Waals surface area contributed by atoms with Crippen molar-refractivity contribution in [2.75, 3.05) is 11.6 Å². The van der Waals surface area contributed by atoms with Crippen LogP contribution in [0.15, 0.2) is 42.6 Å². The first-order valence-corrected chi connectivity index (χ1v) is 11.0. The molecule has 1 aliphatic heterocycles. The summed E-state index contributed by atoms with van der Waals surface area (Å²) in [4.78, 5) is 0. The van der Waals surface area contributed by atoms with E-state index < -0.39 is 10.0 Å². The quantitative estimate of drug-likeness (QED) is 0.548. The Morgan fingerprint density at radius 2 is 1.90 bits per heavy atom. The van der Waals surface area contributed by atoms with Gasteiger partial charge in [0.2, 0.25) is 0 Å². The summed E-state index contributed by atoms with van der Waals surface area (Å²) < 4.78 is 27.2. The van der Waals surface area contributed by atoms with E-state index in [2.05, 4.69) is 45.1 Å². The molecular formula is C20H20N6O2S. The zero-order valence-electron chi connectivity index (χ0n) is 16.5. The second kappa shape index (κ2) is 5.66. The second-order valence-electron chi connectivity index (χ2n) is 7.88. The Bertz CT molecular complexity index is 1400. The SMILES string of the molecule is Cc1nnc2n1-c1cc(-c3cccc4c3cnn4S(C)(=O)=O)ccc1NC2(C)C. The Kier molecular flexibility index (Phi) is 3.49. The first-order chi connectivity index (χ1) is 13.7. The number of nitrogens with zero attached hydrogens (tertiary/aromatic N) is 5. The third kappa shape index (κ3) is 2.57. The van der Waals surface area contributed by atoms with E-state index in [0.29, 0.717) is 5.52 Å². The Morgan fingerprint density at radius 3 is 2.66 bits per heavy atom. The number of fused-ring (bicyclic) bond motifs is 4. The topological polar surface area (TPSA) is 94.7 Å². The number of aryl methyl sites for hydroxylation is 1. The highest BCUT2D eigenvalue weighted by molar-refractivity contribution is 7.89. The molecule has 8 nitrogen and oxygen atoms in total. The van der Waals surface area contributed by atoms with Crippen LogP contribution in [-0.2, 0) is 15.6 Å². The van der Waals surface area contributed by atoms with E-state index in [0.717, 1.165) is 49.9 Å².